The summed E-state index contributed by atoms with van der Waals surface area (Å²) in [7, 11) is 3.23. The summed E-state index contributed by atoms with van der Waals surface area (Å²) in [5.41, 5.74) is 2.99. The number of anilines is 1. The van der Waals surface area contributed by atoms with E-state index in [1.54, 1.807) is 26.0 Å². The number of rotatable bonds is 3. The zero-order valence-corrected chi connectivity index (χ0v) is 14.3. The molecule has 0 radical (unpaired) electrons. The number of amides is 1. The van der Waals surface area contributed by atoms with Gasteiger partial charge in [-0.15, -0.1) is 11.8 Å². The number of ether oxygens (including phenoxy) is 2. The molecule has 7 heteroatoms. The first-order valence-electron chi connectivity index (χ1n) is 7.28. The van der Waals surface area contributed by atoms with E-state index < -0.39 is 0 Å². The maximum absolute atomic E-state index is 12.2. The smallest absolute Gasteiger partial charge is 0.238 e. The van der Waals surface area contributed by atoms with Gasteiger partial charge in [-0.3, -0.25) is 9.89 Å². The SMILES string of the molecule is COc1ccc([C@@H]2S[C@H](C)C(=O)Nc3n[nH]c(C)c32)cc1OC. The second-order valence-electron chi connectivity index (χ2n) is 5.37. The second-order valence-corrected chi connectivity index (χ2v) is 6.82. The van der Waals surface area contributed by atoms with Gasteiger partial charge in [0.1, 0.15) is 0 Å². The van der Waals surface area contributed by atoms with E-state index in [9.17, 15) is 4.79 Å². The van der Waals surface area contributed by atoms with Gasteiger partial charge in [-0.2, -0.15) is 5.10 Å². The zero-order chi connectivity index (χ0) is 16.6. The number of aromatic amines is 1. The molecule has 2 atom stereocenters. The minimum Gasteiger partial charge on any atom is -0.493 e. The Balaban J connectivity index is 2.10. The van der Waals surface area contributed by atoms with E-state index in [2.05, 4.69) is 15.5 Å². The predicted molar refractivity (Wildman–Crippen MR) is 90.4 cm³/mol. The molecule has 0 unspecified atom stereocenters. The molecule has 0 spiro atoms. The summed E-state index contributed by atoms with van der Waals surface area (Å²) in [5.74, 6) is 1.92. The molecule has 0 saturated heterocycles. The molecule has 0 bridgehead atoms. The van der Waals surface area contributed by atoms with Gasteiger partial charge in [-0.05, 0) is 31.5 Å². The van der Waals surface area contributed by atoms with Crippen LogP contribution in [-0.2, 0) is 4.79 Å². The fourth-order valence-corrected chi connectivity index (χ4v) is 3.99. The van der Waals surface area contributed by atoms with Gasteiger partial charge in [-0.25, -0.2) is 0 Å². The van der Waals surface area contributed by atoms with Gasteiger partial charge in [0, 0.05) is 11.3 Å². The fraction of sp³-hybridized carbons (Fsp3) is 0.375. The standard InChI is InChI=1S/C16H19N3O3S/c1-8-13-14(10-5-6-11(21-3)12(7-10)22-4)23-9(2)16(20)17-15(13)19-18-8/h5-7,9,14H,1-4H3,(H2,17,18,19,20)/t9-,14+/m1/s1. The average Bonchev–Trinajstić information content (AvgIpc) is 2.85. The van der Waals surface area contributed by atoms with Crippen molar-refractivity contribution < 1.29 is 14.3 Å². The third-order valence-electron chi connectivity index (χ3n) is 3.92. The number of aryl methyl sites for hydroxylation is 1. The lowest BCUT2D eigenvalue weighted by Gasteiger charge is -2.19. The van der Waals surface area contributed by atoms with E-state index in [0.717, 1.165) is 16.8 Å². The Kier molecular flexibility index (Phi) is 4.21. The highest BCUT2D eigenvalue weighted by Gasteiger charge is 2.32. The molecule has 1 aliphatic heterocycles. The molecule has 1 aliphatic rings. The summed E-state index contributed by atoms with van der Waals surface area (Å²) in [6.45, 7) is 3.86. The van der Waals surface area contributed by atoms with E-state index in [4.69, 9.17) is 9.47 Å². The van der Waals surface area contributed by atoms with Gasteiger partial charge in [-0.1, -0.05) is 6.07 Å². The van der Waals surface area contributed by atoms with Crippen LogP contribution in [0.3, 0.4) is 0 Å². The van der Waals surface area contributed by atoms with Crippen molar-refractivity contribution in [1.82, 2.24) is 10.2 Å². The maximum atomic E-state index is 12.2. The van der Waals surface area contributed by atoms with E-state index in [1.165, 1.54) is 0 Å². The number of aromatic nitrogens is 2. The Labute approximate surface area is 138 Å². The minimum atomic E-state index is -0.179. The number of hydrogen-bond acceptors (Lipinski definition) is 5. The number of hydrogen-bond donors (Lipinski definition) is 2. The van der Waals surface area contributed by atoms with E-state index >= 15 is 0 Å². The van der Waals surface area contributed by atoms with Gasteiger partial charge in [0.2, 0.25) is 5.91 Å². The normalized spacial score (nSPS) is 20.4. The molecule has 2 aromatic rings. The number of methoxy groups -OCH3 is 2. The second kappa shape index (κ2) is 6.16. The summed E-state index contributed by atoms with van der Waals surface area (Å²) in [4.78, 5) is 12.2. The first-order valence-corrected chi connectivity index (χ1v) is 8.22. The van der Waals surface area contributed by atoms with Crippen LogP contribution in [0.15, 0.2) is 18.2 Å². The summed E-state index contributed by atoms with van der Waals surface area (Å²) in [6.07, 6.45) is 0. The Bertz CT molecular complexity index is 744. The summed E-state index contributed by atoms with van der Waals surface area (Å²) in [5, 5.41) is 9.88. The van der Waals surface area contributed by atoms with Crippen LogP contribution in [0, 0.1) is 6.92 Å². The number of benzene rings is 1. The molecule has 6 nitrogen and oxygen atoms in total. The number of carbonyl (C=O) groups is 1. The van der Waals surface area contributed by atoms with Crippen LogP contribution in [-0.4, -0.2) is 35.6 Å². The lowest BCUT2D eigenvalue weighted by atomic mass is 10.0. The van der Waals surface area contributed by atoms with Crippen molar-refractivity contribution in [2.75, 3.05) is 19.5 Å². The topological polar surface area (TPSA) is 76.2 Å². The van der Waals surface area contributed by atoms with Crippen LogP contribution in [0.2, 0.25) is 0 Å². The van der Waals surface area contributed by atoms with Gasteiger partial charge in [0.25, 0.3) is 0 Å². The highest BCUT2D eigenvalue weighted by Crippen LogP contribution is 2.46. The molecule has 1 aromatic carbocycles. The van der Waals surface area contributed by atoms with Crippen molar-refractivity contribution in [1.29, 1.82) is 0 Å². The Hall–Kier alpha value is -2.15. The number of thioether (sulfide) groups is 1. The van der Waals surface area contributed by atoms with Crippen molar-refractivity contribution in [2.24, 2.45) is 0 Å². The van der Waals surface area contributed by atoms with Crippen LogP contribution in [0.1, 0.15) is 29.0 Å². The van der Waals surface area contributed by atoms with Crippen molar-refractivity contribution in [3.63, 3.8) is 0 Å². The molecule has 2 heterocycles. The monoisotopic (exact) mass is 333 g/mol. The molecule has 122 valence electrons. The van der Waals surface area contributed by atoms with Gasteiger partial charge < -0.3 is 14.8 Å². The first kappa shape index (κ1) is 15.7. The van der Waals surface area contributed by atoms with Gasteiger partial charge in [0.05, 0.1) is 24.7 Å². The van der Waals surface area contributed by atoms with Crippen molar-refractivity contribution in [3.8, 4) is 11.5 Å². The highest BCUT2D eigenvalue weighted by molar-refractivity contribution is 8.01. The Morgan fingerprint density at radius 1 is 1.22 bits per heavy atom. The number of fused-ring (bicyclic) bond motifs is 1. The van der Waals surface area contributed by atoms with Gasteiger partial charge in [0.15, 0.2) is 17.3 Å². The molecule has 23 heavy (non-hydrogen) atoms. The molecule has 1 aromatic heterocycles. The quantitative estimate of drug-likeness (QED) is 0.903. The molecule has 0 fully saturated rings. The van der Waals surface area contributed by atoms with Crippen LogP contribution in [0.25, 0.3) is 0 Å². The van der Waals surface area contributed by atoms with Crippen LogP contribution in [0.4, 0.5) is 5.82 Å². The Morgan fingerprint density at radius 2 is 1.96 bits per heavy atom. The van der Waals surface area contributed by atoms with E-state index in [0.29, 0.717) is 17.3 Å². The number of nitrogens with one attached hydrogen (secondary N) is 2. The minimum absolute atomic E-state index is 0.0162. The summed E-state index contributed by atoms with van der Waals surface area (Å²) in [6, 6.07) is 5.83. The predicted octanol–water partition coefficient (Wildman–Crippen LogP) is 2.90. The van der Waals surface area contributed by atoms with Crippen LogP contribution in [0.5, 0.6) is 11.5 Å². The van der Waals surface area contributed by atoms with Crippen LogP contribution < -0.4 is 14.8 Å². The average molecular weight is 333 g/mol. The first-order chi connectivity index (χ1) is 11.0. The number of nitrogens with zero attached hydrogens (tertiary/aromatic N) is 1. The third-order valence-corrected chi connectivity index (χ3v) is 5.32. The number of H-pyrrole nitrogens is 1. The maximum Gasteiger partial charge on any atom is 0.238 e. The molecule has 3 rings (SSSR count). The van der Waals surface area contributed by atoms with Crippen LogP contribution >= 0.6 is 11.8 Å². The van der Waals surface area contributed by atoms with E-state index in [-0.39, 0.29) is 16.4 Å². The summed E-state index contributed by atoms with van der Waals surface area (Å²) < 4.78 is 10.7. The molecule has 2 N–H and O–H groups in total. The van der Waals surface area contributed by atoms with Crippen molar-refractivity contribution >= 4 is 23.5 Å². The third kappa shape index (κ3) is 2.76. The fourth-order valence-electron chi connectivity index (χ4n) is 2.67. The Morgan fingerprint density at radius 3 is 2.65 bits per heavy atom. The molecular weight excluding hydrogens is 314 g/mol. The lowest BCUT2D eigenvalue weighted by Crippen LogP contribution is -2.21. The lowest BCUT2D eigenvalue weighted by molar-refractivity contribution is -0.115. The molecular formula is C16H19N3O3S. The largest absolute Gasteiger partial charge is 0.493 e. The summed E-state index contributed by atoms with van der Waals surface area (Å²) >= 11 is 1.59. The highest BCUT2D eigenvalue weighted by atomic mass is 32.2. The molecule has 0 saturated carbocycles. The molecule has 0 aliphatic carbocycles. The zero-order valence-electron chi connectivity index (χ0n) is 13.5. The van der Waals surface area contributed by atoms with Crippen molar-refractivity contribution in [2.45, 2.75) is 24.3 Å². The number of carbonyl (C=O) groups excluding carboxylic acids is 1. The van der Waals surface area contributed by atoms with Gasteiger partial charge >= 0.3 is 0 Å². The van der Waals surface area contributed by atoms with Crippen molar-refractivity contribution in [3.05, 3.63) is 35.0 Å². The van der Waals surface area contributed by atoms with E-state index in [1.807, 2.05) is 32.0 Å². The molecule has 1 amide bonds.